The Labute approximate surface area is 192 Å². The van der Waals surface area contributed by atoms with Gasteiger partial charge in [-0.3, -0.25) is 0 Å². The molecule has 0 spiro atoms. The van der Waals surface area contributed by atoms with Crippen molar-refractivity contribution in [2.75, 3.05) is 0 Å². The molecule has 0 bridgehead atoms. The van der Waals surface area contributed by atoms with Gasteiger partial charge in [-0.2, -0.15) is 22.0 Å². The summed E-state index contributed by atoms with van der Waals surface area (Å²) in [5.74, 6) is -7.07. The quantitative estimate of drug-likeness (QED) is 0.300. The van der Waals surface area contributed by atoms with E-state index >= 15 is 0 Å². The average Bonchev–Trinajstić information content (AvgIpc) is 2.69. The number of alkyl halides is 5. The molecular formula is C23H14ClF9O. The third kappa shape index (κ3) is 5.11. The first-order valence-corrected chi connectivity index (χ1v) is 10.0. The summed E-state index contributed by atoms with van der Waals surface area (Å²) in [6.45, 7) is 1.75. The maximum Gasteiger partial charge on any atom is 0.428 e. The normalized spacial score (nSPS) is 12.2. The van der Waals surface area contributed by atoms with Crippen LogP contribution in [0.4, 0.5) is 39.5 Å². The van der Waals surface area contributed by atoms with Crippen LogP contribution in [-0.4, -0.2) is 0 Å². The van der Waals surface area contributed by atoms with Gasteiger partial charge in [0, 0.05) is 11.6 Å². The van der Waals surface area contributed by atoms with Gasteiger partial charge in [-0.05, 0) is 47.9 Å². The maximum absolute atomic E-state index is 14.6. The molecule has 0 saturated heterocycles. The zero-order valence-corrected chi connectivity index (χ0v) is 17.9. The van der Waals surface area contributed by atoms with Crippen molar-refractivity contribution < 1.29 is 44.3 Å². The summed E-state index contributed by atoms with van der Waals surface area (Å²) < 4.78 is 128. The Bertz CT molecular complexity index is 1200. The Kier molecular flexibility index (Phi) is 7.12. The summed E-state index contributed by atoms with van der Waals surface area (Å²) in [6, 6.07) is 4.54. The van der Waals surface area contributed by atoms with Gasteiger partial charge in [0.15, 0.2) is 0 Å². The summed E-state index contributed by atoms with van der Waals surface area (Å²) >= 11 is 5.74. The number of hydrogen-bond donors (Lipinski definition) is 0. The van der Waals surface area contributed by atoms with Crippen LogP contribution in [0, 0.1) is 23.3 Å². The van der Waals surface area contributed by atoms with E-state index in [-0.39, 0.29) is 24.1 Å². The molecule has 34 heavy (non-hydrogen) atoms. The highest BCUT2D eigenvalue weighted by Crippen LogP contribution is 2.40. The Hall–Kier alpha value is -2.88. The number of aryl methyl sites for hydroxylation is 1. The molecule has 0 fully saturated rings. The van der Waals surface area contributed by atoms with Crippen molar-refractivity contribution in [3.63, 3.8) is 0 Å². The van der Waals surface area contributed by atoms with E-state index in [1.807, 2.05) is 0 Å². The van der Waals surface area contributed by atoms with Gasteiger partial charge in [-0.1, -0.05) is 31.0 Å². The second kappa shape index (κ2) is 9.40. The fourth-order valence-electron chi connectivity index (χ4n) is 3.27. The van der Waals surface area contributed by atoms with E-state index in [2.05, 4.69) is 4.74 Å². The fourth-order valence-corrected chi connectivity index (χ4v) is 3.57. The second-order valence-corrected chi connectivity index (χ2v) is 7.60. The van der Waals surface area contributed by atoms with Crippen LogP contribution in [-0.2, 0) is 18.7 Å². The van der Waals surface area contributed by atoms with Crippen LogP contribution in [0.2, 0.25) is 5.02 Å². The van der Waals surface area contributed by atoms with Crippen molar-refractivity contribution in [1.29, 1.82) is 0 Å². The molecule has 0 amide bonds. The molecule has 0 aromatic heterocycles. The fraction of sp³-hybridized carbons (Fsp3) is 0.217. The highest BCUT2D eigenvalue weighted by atomic mass is 35.5. The predicted molar refractivity (Wildman–Crippen MR) is 107 cm³/mol. The minimum Gasteiger partial charge on any atom is -0.429 e. The number of halogens is 10. The van der Waals surface area contributed by atoms with E-state index in [0.29, 0.717) is 12.5 Å². The molecule has 0 atom stereocenters. The Balaban J connectivity index is 1.92. The van der Waals surface area contributed by atoms with E-state index in [4.69, 9.17) is 11.6 Å². The van der Waals surface area contributed by atoms with Crippen LogP contribution in [0.5, 0.6) is 5.75 Å². The molecule has 0 heterocycles. The molecule has 0 saturated carbocycles. The average molecular weight is 513 g/mol. The molecule has 3 aromatic rings. The van der Waals surface area contributed by atoms with Gasteiger partial charge < -0.3 is 4.74 Å². The topological polar surface area (TPSA) is 9.23 Å². The summed E-state index contributed by atoms with van der Waals surface area (Å²) in [4.78, 5) is 0. The molecular weight excluding hydrogens is 499 g/mol. The third-order valence-electron chi connectivity index (χ3n) is 4.82. The highest BCUT2D eigenvalue weighted by molar-refractivity contribution is 6.31. The molecule has 1 nitrogen and oxygen atoms in total. The lowest BCUT2D eigenvalue weighted by Crippen LogP contribution is -2.23. The molecule has 0 radical (unpaired) electrons. The standard InChI is InChI=1S/C23H14ClF9O/c1-2-3-11-4-7-15(20(24)21(11)28)23(32,33)34-13-5-6-14(16(25)10-13)12-8-17(26)19(18(27)9-12)22(29,30)31/h4-10H,2-3H2,1H3. The molecule has 0 N–H and O–H groups in total. The molecule has 3 aromatic carbocycles. The van der Waals surface area contributed by atoms with Gasteiger partial charge >= 0.3 is 12.3 Å². The minimum absolute atomic E-state index is 0.124. The van der Waals surface area contributed by atoms with Gasteiger partial charge in [0.1, 0.15) is 34.6 Å². The SMILES string of the molecule is CCCc1ccc(C(F)(F)Oc2ccc(-c3cc(F)c(C(F)(F)F)c(F)c3)c(F)c2)c(Cl)c1F. The predicted octanol–water partition coefficient (Wildman–Crippen LogP) is 8.66. The van der Waals surface area contributed by atoms with Gasteiger partial charge in [0.25, 0.3) is 0 Å². The van der Waals surface area contributed by atoms with E-state index in [0.717, 1.165) is 24.3 Å². The number of hydrogen-bond acceptors (Lipinski definition) is 1. The molecule has 182 valence electrons. The van der Waals surface area contributed by atoms with E-state index in [1.165, 1.54) is 0 Å². The van der Waals surface area contributed by atoms with Crippen LogP contribution in [0.1, 0.15) is 30.0 Å². The van der Waals surface area contributed by atoms with Crippen LogP contribution in [0.15, 0.2) is 42.5 Å². The smallest absolute Gasteiger partial charge is 0.428 e. The van der Waals surface area contributed by atoms with Crippen LogP contribution in [0.25, 0.3) is 11.1 Å². The van der Waals surface area contributed by atoms with Crippen LogP contribution in [0.3, 0.4) is 0 Å². The van der Waals surface area contributed by atoms with Gasteiger partial charge in [-0.15, -0.1) is 0 Å². The second-order valence-electron chi connectivity index (χ2n) is 7.22. The number of benzene rings is 3. The van der Waals surface area contributed by atoms with Gasteiger partial charge in [0.05, 0.1) is 10.6 Å². The van der Waals surface area contributed by atoms with Crippen molar-refractivity contribution >= 4 is 11.6 Å². The van der Waals surface area contributed by atoms with E-state index < -0.39 is 68.6 Å². The first kappa shape index (κ1) is 25.7. The van der Waals surface area contributed by atoms with Crippen LogP contribution < -0.4 is 4.74 Å². The van der Waals surface area contributed by atoms with Crippen molar-refractivity contribution in [3.05, 3.63) is 87.4 Å². The zero-order chi connectivity index (χ0) is 25.4. The summed E-state index contributed by atoms with van der Waals surface area (Å²) in [5, 5.41) is -0.872. The molecule has 0 aliphatic carbocycles. The lowest BCUT2D eigenvalue weighted by molar-refractivity contribution is -0.185. The Morgan fingerprint density at radius 3 is 1.97 bits per heavy atom. The molecule has 11 heteroatoms. The first-order chi connectivity index (χ1) is 15.8. The maximum atomic E-state index is 14.6. The lowest BCUT2D eigenvalue weighted by atomic mass is 10.0. The summed E-state index contributed by atoms with van der Waals surface area (Å²) in [5.41, 5.74) is -4.21. The number of rotatable bonds is 6. The van der Waals surface area contributed by atoms with Crippen molar-refractivity contribution in [1.82, 2.24) is 0 Å². The van der Waals surface area contributed by atoms with E-state index in [9.17, 15) is 39.5 Å². The lowest BCUT2D eigenvalue weighted by Gasteiger charge is -2.20. The van der Waals surface area contributed by atoms with Crippen molar-refractivity contribution in [2.45, 2.75) is 32.1 Å². The Morgan fingerprint density at radius 2 is 1.44 bits per heavy atom. The van der Waals surface area contributed by atoms with Crippen molar-refractivity contribution in [2.24, 2.45) is 0 Å². The monoisotopic (exact) mass is 512 g/mol. The molecule has 0 aliphatic heterocycles. The number of ether oxygens (including phenoxy) is 1. The van der Waals surface area contributed by atoms with Gasteiger partial charge in [0.2, 0.25) is 0 Å². The van der Waals surface area contributed by atoms with E-state index in [1.54, 1.807) is 6.92 Å². The zero-order valence-electron chi connectivity index (χ0n) is 17.1. The highest BCUT2D eigenvalue weighted by Gasteiger charge is 2.39. The van der Waals surface area contributed by atoms with Crippen molar-refractivity contribution in [3.8, 4) is 16.9 Å². The van der Waals surface area contributed by atoms with Crippen LogP contribution >= 0.6 is 11.6 Å². The molecule has 0 aliphatic rings. The summed E-state index contributed by atoms with van der Waals surface area (Å²) in [6.07, 6.45) is -8.71. The largest absolute Gasteiger partial charge is 0.429 e. The molecule has 3 rings (SSSR count). The molecule has 0 unspecified atom stereocenters. The van der Waals surface area contributed by atoms with Gasteiger partial charge in [-0.25, -0.2) is 17.6 Å². The summed E-state index contributed by atoms with van der Waals surface area (Å²) in [7, 11) is 0. The Morgan fingerprint density at radius 1 is 0.824 bits per heavy atom. The third-order valence-corrected chi connectivity index (χ3v) is 5.19. The first-order valence-electron chi connectivity index (χ1n) is 9.66. The minimum atomic E-state index is -5.32.